The van der Waals surface area contributed by atoms with Crippen LogP contribution in [-0.2, 0) is 0 Å². The van der Waals surface area contributed by atoms with Gasteiger partial charge in [-0.1, -0.05) is 13.8 Å². The first kappa shape index (κ1) is 15.3. The van der Waals surface area contributed by atoms with Gasteiger partial charge in [0.1, 0.15) is 0 Å². The highest BCUT2D eigenvalue weighted by molar-refractivity contribution is 5.98. The minimum absolute atomic E-state index is 0.367. The Bertz CT molecular complexity index is 420. The molecule has 5 heteroatoms. The van der Waals surface area contributed by atoms with Gasteiger partial charge in [0.25, 0.3) is 5.91 Å². The van der Waals surface area contributed by atoms with Gasteiger partial charge in [0.15, 0.2) is 0 Å². The summed E-state index contributed by atoms with van der Waals surface area (Å²) in [6, 6.07) is 5.26. The molecule has 0 saturated heterocycles. The topological polar surface area (TPSA) is 84.4 Å². The lowest BCUT2D eigenvalue weighted by Gasteiger charge is -2.20. The van der Waals surface area contributed by atoms with Crippen LogP contribution in [0, 0.1) is 0 Å². The van der Waals surface area contributed by atoms with E-state index in [-0.39, 0.29) is 0 Å². The fraction of sp³-hybridized carbons (Fsp3) is 0.500. The fourth-order valence-electron chi connectivity index (χ4n) is 1.98. The van der Waals surface area contributed by atoms with Crippen LogP contribution in [0.1, 0.15) is 30.6 Å². The van der Waals surface area contributed by atoms with Crippen LogP contribution in [0.5, 0.6) is 0 Å². The molecule has 0 spiro atoms. The molecule has 1 aromatic carbocycles. The summed E-state index contributed by atoms with van der Waals surface area (Å²) in [6.45, 7) is 8.28. The lowest BCUT2D eigenvalue weighted by molar-refractivity contribution is 0.100. The van der Waals surface area contributed by atoms with Crippen molar-refractivity contribution in [1.82, 2.24) is 4.90 Å². The summed E-state index contributed by atoms with van der Waals surface area (Å²) in [5, 5.41) is 3.29. The molecule has 5 N–H and O–H groups in total. The number of carbonyl (C=O) groups excluding carboxylic acids is 1. The third-order valence-corrected chi connectivity index (χ3v) is 3.06. The number of hydrogen-bond acceptors (Lipinski definition) is 4. The van der Waals surface area contributed by atoms with Crippen molar-refractivity contribution in [3.05, 3.63) is 23.8 Å². The van der Waals surface area contributed by atoms with E-state index in [1.165, 1.54) is 0 Å². The Morgan fingerprint density at radius 1 is 1.32 bits per heavy atom. The van der Waals surface area contributed by atoms with Crippen LogP contribution in [0.15, 0.2) is 18.2 Å². The lowest BCUT2D eigenvalue weighted by atomic mass is 10.1. The van der Waals surface area contributed by atoms with E-state index >= 15 is 0 Å². The third kappa shape index (κ3) is 4.79. The average molecular weight is 264 g/mol. The highest BCUT2D eigenvalue weighted by Gasteiger charge is 2.06. The van der Waals surface area contributed by atoms with Crippen LogP contribution >= 0.6 is 0 Å². The van der Waals surface area contributed by atoms with Gasteiger partial charge >= 0.3 is 0 Å². The molecule has 0 bridgehead atoms. The maximum atomic E-state index is 11.2. The molecule has 0 aliphatic heterocycles. The molecule has 0 atom stereocenters. The summed E-state index contributed by atoms with van der Waals surface area (Å²) >= 11 is 0. The fourth-order valence-corrected chi connectivity index (χ4v) is 1.98. The van der Waals surface area contributed by atoms with Gasteiger partial charge in [0.2, 0.25) is 0 Å². The molecular weight excluding hydrogens is 240 g/mol. The van der Waals surface area contributed by atoms with Gasteiger partial charge in [-0.3, -0.25) is 4.79 Å². The second kappa shape index (κ2) is 7.63. The van der Waals surface area contributed by atoms with Crippen LogP contribution in [0.3, 0.4) is 0 Å². The first-order chi connectivity index (χ1) is 9.08. The summed E-state index contributed by atoms with van der Waals surface area (Å²) in [5.41, 5.74) is 12.6. The molecule has 0 heterocycles. The monoisotopic (exact) mass is 264 g/mol. The van der Waals surface area contributed by atoms with Crippen molar-refractivity contribution in [2.45, 2.75) is 20.3 Å². The van der Waals surface area contributed by atoms with Crippen molar-refractivity contribution < 1.29 is 4.79 Å². The van der Waals surface area contributed by atoms with Crippen molar-refractivity contribution in [3.8, 4) is 0 Å². The summed E-state index contributed by atoms with van der Waals surface area (Å²) in [7, 11) is 0. The first-order valence-electron chi connectivity index (χ1n) is 6.74. The quantitative estimate of drug-likeness (QED) is 0.621. The number of anilines is 2. The molecule has 1 aromatic rings. The number of hydrogen-bond donors (Lipinski definition) is 3. The normalized spacial score (nSPS) is 10.7. The molecule has 0 saturated carbocycles. The van der Waals surface area contributed by atoms with Gasteiger partial charge in [-0.15, -0.1) is 0 Å². The predicted octanol–water partition coefficient (Wildman–Crippen LogP) is 1.51. The van der Waals surface area contributed by atoms with Gasteiger partial charge in [-0.25, -0.2) is 0 Å². The second-order valence-electron chi connectivity index (χ2n) is 4.53. The van der Waals surface area contributed by atoms with Crippen molar-refractivity contribution >= 4 is 17.3 Å². The summed E-state index contributed by atoms with van der Waals surface area (Å²) in [4.78, 5) is 13.6. The first-order valence-corrected chi connectivity index (χ1v) is 6.74. The van der Waals surface area contributed by atoms with Crippen LogP contribution in [0.25, 0.3) is 0 Å². The summed E-state index contributed by atoms with van der Waals surface area (Å²) in [5.74, 6) is -0.498. The van der Waals surface area contributed by atoms with Crippen LogP contribution in [0.2, 0.25) is 0 Å². The van der Waals surface area contributed by atoms with E-state index in [0.29, 0.717) is 11.3 Å². The molecule has 0 aliphatic carbocycles. The zero-order valence-electron chi connectivity index (χ0n) is 11.8. The zero-order valence-corrected chi connectivity index (χ0v) is 11.8. The molecule has 19 heavy (non-hydrogen) atoms. The van der Waals surface area contributed by atoms with Crippen molar-refractivity contribution in [1.29, 1.82) is 0 Å². The molecular formula is C14H24N4O. The third-order valence-electron chi connectivity index (χ3n) is 3.06. The Kier molecular flexibility index (Phi) is 6.15. The average Bonchev–Trinajstić information content (AvgIpc) is 2.39. The van der Waals surface area contributed by atoms with Crippen LogP contribution in [-0.4, -0.2) is 37.0 Å². The van der Waals surface area contributed by atoms with Gasteiger partial charge in [-0.05, 0) is 37.7 Å². The van der Waals surface area contributed by atoms with Gasteiger partial charge in [0.05, 0.1) is 5.56 Å². The SMILES string of the molecule is CCCN(CC)CCNc1ccc(N)c(C(N)=O)c1. The van der Waals surface area contributed by atoms with Crippen LogP contribution < -0.4 is 16.8 Å². The van der Waals surface area contributed by atoms with E-state index < -0.39 is 5.91 Å². The van der Waals surface area contributed by atoms with Gasteiger partial charge in [-0.2, -0.15) is 0 Å². The minimum atomic E-state index is -0.498. The number of amides is 1. The number of carbonyl (C=O) groups is 1. The number of likely N-dealkylation sites (N-methyl/N-ethyl adjacent to an activating group) is 1. The predicted molar refractivity (Wildman–Crippen MR) is 80.3 cm³/mol. The minimum Gasteiger partial charge on any atom is -0.398 e. The zero-order chi connectivity index (χ0) is 14.3. The largest absolute Gasteiger partial charge is 0.398 e. The van der Waals surface area contributed by atoms with E-state index in [2.05, 4.69) is 24.1 Å². The number of nitrogens with two attached hydrogens (primary N) is 2. The lowest BCUT2D eigenvalue weighted by Crippen LogP contribution is -2.29. The Morgan fingerprint density at radius 3 is 2.63 bits per heavy atom. The number of rotatable bonds is 8. The highest BCUT2D eigenvalue weighted by Crippen LogP contribution is 2.17. The van der Waals surface area contributed by atoms with Crippen LogP contribution in [0.4, 0.5) is 11.4 Å². The summed E-state index contributed by atoms with van der Waals surface area (Å²) < 4.78 is 0. The molecule has 106 valence electrons. The highest BCUT2D eigenvalue weighted by atomic mass is 16.1. The molecule has 1 rings (SSSR count). The summed E-state index contributed by atoms with van der Waals surface area (Å²) in [6.07, 6.45) is 1.15. The van der Waals surface area contributed by atoms with Crippen molar-refractivity contribution in [2.24, 2.45) is 5.73 Å². The van der Waals surface area contributed by atoms with E-state index in [9.17, 15) is 4.79 Å². The van der Waals surface area contributed by atoms with Gasteiger partial charge < -0.3 is 21.7 Å². The van der Waals surface area contributed by atoms with E-state index in [4.69, 9.17) is 11.5 Å². The molecule has 0 aromatic heterocycles. The maximum Gasteiger partial charge on any atom is 0.250 e. The maximum absolute atomic E-state index is 11.2. The van der Waals surface area contributed by atoms with Gasteiger partial charge in [0, 0.05) is 24.5 Å². The number of nitrogens with zero attached hydrogens (tertiary/aromatic N) is 1. The Labute approximate surface area is 115 Å². The van der Waals surface area contributed by atoms with E-state index in [1.54, 1.807) is 12.1 Å². The number of benzene rings is 1. The van der Waals surface area contributed by atoms with Crippen molar-refractivity contribution in [2.75, 3.05) is 37.2 Å². The molecule has 0 radical (unpaired) electrons. The Balaban J connectivity index is 2.54. The molecule has 5 nitrogen and oxygen atoms in total. The molecule has 0 fully saturated rings. The van der Waals surface area contributed by atoms with Crippen molar-refractivity contribution in [3.63, 3.8) is 0 Å². The van der Waals surface area contributed by atoms with E-state index in [0.717, 1.165) is 38.3 Å². The Hall–Kier alpha value is -1.75. The number of nitrogens with one attached hydrogen (secondary N) is 1. The second-order valence-corrected chi connectivity index (χ2v) is 4.53. The number of nitrogen functional groups attached to an aromatic ring is 1. The number of primary amides is 1. The molecule has 1 amide bonds. The smallest absolute Gasteiger partial charge is 0.250 e. The molecule has 0 unspecified atom stereocenters. The van der Waals surface area contributed by atoms with E-state index in [1.807, 2.05) is 6.07 Å². The standard InChI is InChI=1S/C14H24N4O/c1-3-8-18(4-2)9-7-17-11-5-6-13(15)12(10-11)14(16)19/h5-6,10,17H,3-4,7-9,15H2,1-2H3,(H2,16,19). The Morgan fingerprint density at radius 2 is 2.05 bits per heavy atom. The molecule has 0 aliphatic rings.